The molecule has 1 unspecified atom stereocenters. The Hall–Kier alpha value is -0.860. The van der Waals surface area contributed by atoms with Gasteiger partial charge in [-0.1, -0.05) is 24.3 Å². The average Bonchev–Trinajstić information content (AvgIpc) is 2.70. The molecule has 1 aromatic rings. The van der Waals surface area contributed by atoms with Crippen molar-refractivity contribution in [1.82, 2.24) is 4.90 Å². The molecule has 1 aromatic carbocycles. The zero-order valence-corrected chi connectivity index (χ0v) is 11.9. The Morgan fingerprint density at radius 2 is 1.74 bits per heavy atom. The molecule has 0 amide bonds. The van der Waals surface area contributed by atoms with Crippen molar-refractivity contribution in [3.63, 3.8) is 0 Å². The summed E-state index contributed by atoms with van der Waals surface area (Å²) in [6, 6.07) is 9.78. The molecule has 1 atom stereocenters. The summed E-state index contributed by atoms with van der Waals surface area (Å²) in [7, 11) is 0. The SMILES string of the molecule is NCC1CCCN(C2CCc3ccccc3CC2)C1. The van der Waals surface area contributed by atoms with Crippen molar-refractivity contribution in [3.8, 4) is 0 Å². The molecule has 19 heavy (non-hydrogen) atoms. The van der Waals surface area contributed by atoms with Crippen LogP contribution in [-0.2, 0) is 12.8 Å². The first-order chi connectivity index (χ1) is 9.36. The van der Waals surface area contributed by atoms with E-state index in [9.17, 15) is 0 Å². The first kappa shape index (κ1) is 13.1. The molecule has 2 N–H and O–H groups in total. The molecule has 0 aromatic heterocycles. The van der Waals surface area contributed by atoms with Gasteiger partial charge in [-0.15, -0.1) is 0 Å². The second-order valence-corrected chi connectivity index (χ2v) is 6.24. The molecule has 1 heterocycles. The fourth-order valence-electron chi connectivity index (χ4n) is 3.82. The van der Waals surface area contributed by atoms with Crippen LogP contribution in [0.5, 0.6) is 0 Å². The zero-order chi connectivity index (χ0) is 13.1. The van der Waals surface area contributed by atoms with Crippen molar-refractivity contribution in [2.75, 3.05) is 19.6 Å². The Morgan fingerprint density at radius 1 is 1.05 bits per heavy atom. The fourth-order valence-corrected chi connectivity index (χ4v) is 3.82. The number of piperidine rings is 1. The second kappa shape index (κ2) is 6.06. The van der Waals surface area contributed by atoms with E-state index in [-0.39, 0.29) is 0 Å². The first-order valence-corrected chi connectivity index (χ1v) is 7.87. The van der Waals surface area contributed by atoms with Crippen LogP contribution in [0.1, 0.15) is 36.8 Å². The highest BCUT2D eigenvalue weighted by Crippen LogP contribution is 2.26. The summed E-state index contributed by atoms with van der Waals surface area (Å²) in [5.74, 6) is 0.736. The maximum Gasteiger partial charge on any atom is 0.0102 e. The summed E-state index contributed by atoms with van der Waals surface area (Å²) in [5.41, 5.74) is 9.03. The lowest BCUT2D eigenvalue weighted by molar-refractivity contribution is 0.116. The van der Waals surface area contributed by atoms with E-state index >= 15 is 0 Å². The second-order valence-electron chi connectivity index (χ2n) is 6.24. The quantitative estimate of drug-likeness (QED) is 0.826. The van der Waals surface area contributed by atoms with Crippen LogP contribution in [0.15, 0.2) is 24.3 Å². The molecule has 2 nitrogen and oxygen atoms in total. The Kier molecular flexibility index (Phi) is 4.19. The molecule has 1 aliphatic carbocycles. The van der Waals surface area contributed by atoms with E-state index in [1.54, 1.807) is 11.1 Å². The van der Waals surface area contributed by atoms with Crippen LogP contribution in [0.4, 0.5) is 0 Å². The maximum absolute atomic E-state index is 5.87. The van der Waals surface area contributed by atoms with Gasteiger partial charge in [-0.05, 0) is 68.7 Å². The lowest BCUT2D eigenvalue weighted by Gasteiger charge is -2.37. The van der Waals surface area contributed by atoms with Crippen LogP contribution in [0.2, 0.25) is 0 Å². The van der Waals surface area contributed by atoms with Gasteiger partial charge in [0.2, 0.25) is 0 Å². The highest BCUT2D eigenvalue weighted by atomic mass is 15.2. The highest BCUT2D eigenvalue weighted by molar-refractivity contribution is 5.28. The van der Waals surface area contributed by atoms with Crippen LogP contribution in [0.25, 0.3) is 0 Å². The van der Waals surface area contributed by atoms with Gasteiger partial charge >= 0.3 is 0 Å². The van der Waals surface area contributed by atoms with Gasteiger partial charge in [-0.2, -0.15) is 0 Å². The predicted molar refractivity (Wildman–Crippen MR) is 80.2 cm³/mol. The summed E-state index contributed by atoms with van der Waals surface area (Å²) in [6.07, 6.45) is 7.84. The van der Waals surface area contributed by atoms with Crippen LogP contribution >= 0.6 is 0 Å². The number of likely N-dealkylation sites (tertiary alicyclic amines) is 1. The lowest BCUT2D eigenvalue weighted by atomic mass is 9.95. The van der Waals surface area contributed by atoms with Crippen LogP contribution in [0, 0.1) is 5.92 Å². The van der Waals surface area contributed by atoms with Crippen LogP contribution in [0.3, 0.4) is 0 Å². The van der Waals surface area contributed by atoms with Gasteiger partial charge in [0.15, 0.2) is 0 Å². The van der Waals surface area contributed by atoms with Gasteiger partial charge in [-0.25, -0.2) is 0 Å². The number of rotatable bonds is 2. The molecule has 0 bridgehead atoms. The first-order valence-electron chi connectivity index (χ1n) is 7.87. The molecular formula is C17H26N2. The third-order valence-electron chi connectivity index (χ3n) is 5.01. The van der Waals surface area contributed by atoms with Gasteiger partial charge < -0.3 is 10.6 Å². The molecule has 2 heteroatoms. The Morgan fingerprint density at radius 3 is 2.37 bits per heavy atom. The standard InChI is InChI=1S/C17H26N2/c18-12-14-4-3-11-19(13-14)17-9-7-15-5-1-2-6-16(15)8-10-17/h1-2,5-6,14,17H,3-4,7-13,18H2. The summed E-state index contributed by atoms with van der Waals surface area (Å²) >= 11 is 0. The molecule has 0 radical (unpaired) electrons. The van der Waals surface area contributed by atoms with Crippen molar-refractivity contribution in [2.24, 2.45) is 11.7 Å². The molecule has 0 saturated carbocycles. The zero-order valence-electron chi connectivity index (χ0n) is 11.9. The van der Waals surface area contributed by atoms with E-state index in [0.717, 1.165) is 18.5 Å². The summed E-state index contributed by atoms with van der Waals surface area (Å²) in [6.45, 7) is 3.39. The van der Waals surface area contributed by atoms with Crippen molar-refractivity contribution < 1.29 is 0 Å². The number of nitrogens with zero attached hydrogens (tertiary/aromatic N) is 1. The van der Waals surface area contributed by atoms with Crippen LogP contribution in [-0.4, -0.2) is 30.6 Å². The maximum atomic E-state index is 5.87. The van der Waals surface area contributed by atoms with Gasteiger partial charge in [0.05, 0.1) is 0 Å². The number of nitrogens with two attached hydrogens (primary N) is 1. The Labute approximate surface area is 117 Å². The summed E-state index contributed by atoms with van der Waals surface area (Å²) in [5, 5.41) is 0. The van der Waals surface area contributed by atoms with E-state index in [4.69, 9.17) is 5.73 Å². The van der Waals surface area contributed by atoms with E-state index in [1.165, 1.54) is 51.6 Å². The number of aryl methyl sites for hydroxylation is 2. The monoisotopic (exact) mass is 258 g/mol. The van der Waals surface area contributed by atoms with E-state index in [0.29, 0.717) is 0 Å². The smallest absolute Gasteiger partial charge is 0.0102 e. The van der Waals surface area contributed by atoms with Crippen LogP contribution < -0.4 is 5.73 Å². The molecule has 0 spiro atoms. The van der Waals surface area contributed by atoms with Gasteiger partial charge in [0.1, 0.15) is 0 Å². The highest BCUT2D eigenvalue weighted by Gasteiger charge is 2.26. The van der Waals surface area contributed by atoms with Crippen molar-refractivity contribution in [2.45, 2.75) is 44.6 Å². The van der Waals surface area contributed by atoms with E-state index in [2.05, 4.69) is 29.2 Å². The number of benzene rings is 1. The Bertz CT molecular complexity index is 388. The summed E-state index contributed by atoms with van der Waals surface area (Å²) < 4.78 is 0. The van der Waals surface area contributed by atoms with Crippen molar-refractivity contribution >= 4 is 0 Å². The van der Waals surface area contributed by atoms with Gasteiger partial charge in [-0.3, -0.25) is 0 Å². The minimum absolute atomic E-state index is 0.736. The van der Waals surface area contributed by atoms with Gasteiger partial charge in [0, 0.05) is 12.6 Å². The third-order valence-corrected chi connectivity index (χ3v) is 5.01. The normalized spacial score (nSPS) is 25.8. The molecule has 1 aliphatic heterocycles. The minimum atomic E-state index is 0.736. The molecule has 3 rings (SSSR count). The largest absolute Gasteiger partial charge is 0.330 e. The Balaban J connectivity index is 1.65. The number of fused-ring (bicyclic) bond motifs is 1. The fraction of sp³-hybridized carbons (Fsp3) is 0.647. The van der Waals surface area contributed by atoms with Crippen molar-refractivity contribution in [3.05, 3.63) is 35.4 Å². The molecule has 1 fully saturated rings. The van der Waals surface area contributed by atoms with E-state index < -0.39 is 0 Å². The average molecular weight is 258 g/mol. The third kappa shape index (κ3) is 3.01. The molecule has 104 valence electrons. The van der Waals surface area contributed by atoms with Crippen molar-refractivity contribution in [1.29, 1.82) is 0 Å². The molecular weight excluding hydrogens is 232 g/mol. The topological polar surface area (TPSA) is 29.3 Å². The number of hydrogen-bond acceptors (Lipinski definition) is 2. The number of hydrogen-bond donors (Lipinski definition) is 1. The molecule has 1 saturated heterocycles. The summed E-state index contributed by atoms with van der Waals surface area (Å²) in [4.78, 5) is 2.73. The minimum Gasteiger partial charge on any atom is -0.330 e. The van der Waals surface area contributed by atoms with E-state index in [1.807, 2.05) is 0 Å². The predicted octanol–water partition coefficient (Wildman–Crippen LogP) is 2.60. The lowest BCUT2D eigenvalue weighted by Crippen LogP contribution is -2.44. The van der Waals surface area contributed by atoms with Gasteiger partial charge in [0.25, 0.3) is 0 Å². The molecule has 2 aliphatic rings.